The summed E-state index contributed by atoms with van der Waals surface area (Å²) in [6, 6.07) is 15.3. The van der Waals surface area contributed by atoms with Gasteiger partial charge in [0, 0.05) is 33.4 Å². The first kappa shape index (κ1) is 22.3. The van der Waals surface area contributed by atoms with Crippen LogP contribution in [0.5, 0.6) is 0 Å². The average molecular weight is 410 g/mol. The Balaban J connectivity index is 1.42. The minimum Gasteiger partial charge on any atom is -0.381 e. The number of rotatable bonds is 8. The second kappa shape index (κ2) is 11.7. The van der Waals surface area contributed by atoms with Gasteiger partial charge >= 0.3 is 0 Å². The van der Waals surface area contributed by atoms with E-state index >= 15 is 0 Å². The van der Waals surface area contributed by atoms with Crippen LogP contribution in [0.1, 0.15) is 40.7 Å². The molecular weight excluding hydrogens is 374 g/mol. The van der Waals surface area contributed by atoms with Gasteiger partial charge in [-0.25, -0.2) is 0 Å². The van der Waals surface area contributed by atoms with Crippen LogP contribution >= 0.6 is 0 Å². The fraction of sp³-hybridized carbons (Fsp3) is 0.480. The van der Waals surface area contributed by atoms with Gasteiger partial charge in [0.2, 0.25) is 0 Å². The molecule has 0 aliphatic carbocycles. The summed E-state index contributed by atoms with van der Waals surface area (Å²) in [5.41, 5.74) is 6.41. The summed E-state index contributed by atoms with van der Waals surface area (Å²) in [5.74, 6) is 0.822. The van der Waals surface area contributed by atoms with Crippen LogP contribution in [0.25, 0.3) is 0 Å². The Kier molecular flexibility index (Phi) is 8.72. The molecule has 0 radical (unpaired) electrons. The van der Waals surface area contributed by atoms with Crippen molar-refractivity contribution in [3.05, 3.63) is 70.3 Å². The summed E-state index contributed by atoms with van der Waals surface area (Å²) < 4.78 is 11.4. The van der Waals surface area contributed by atoms with Crippen molar-refractivity contribution in [1.29, 1.82) is 0 Å². The molecule has 0 bridgehead atoms. The lowest BCUT2D eigenvalue weighted by Gasteiger charge is -2.22. The summed E-state index contributed by atoms with van der Waals surface area (Å²) in [4.78, 5) is 4.35. The number of aliphatic imine (C=N–C) groups is 1. The maximum Gasteiger partial charge on any atom is 0.191 e. The van der Waals surface area contributed by atoms with E-state index in [1.54, 1.807) is 0 Å². The van der Waals surface area contributed by atoms with Crippen molar-refractivity contribution >= 4 is 5.96 Å². The van der Waals surface area contributed by atoms with Gasteiger partial charge in [-0.15, -0.1) is 0 Å². The highest BCUT2D eigenvalue weighted by molar-refractivity contribution is 5.79. The molecule has 0 amide bonds. The summed E-state index contributed by atoms with van der Waals surface area (Å²) in [7, 11) is 1.81. The zero-order chi connectivity index (χ0) is 21.2. The number of hydrogen-bond acceptors (Lipinski definition) is 3. The van der Waals surface area contributed by atoms with Crippen molar-refractivity contribution in [3.63, 3.8) is 0 Å². The predicted molar refractivity (Wildman–Crippen MR) is 123 cm³/mol. The van der Waals surface area contributed by atoms with Crippen molar-refractivity contribution in [3.8, 4) is 0 Å². The van der Waals surface area contributed by atoms with Gasteiger partial charge < -0.3 is 20.1 Å². The molecule has 30 heavy (non-hydrogen) atoms. The van der Waals surface area contributed by atoms with Gasteiger partial charge in [-0.05, 0) is 49.8 Å². The molecule has 162 valence electrons. The molecule has 0 unspecified atom stereocenters. The lowest BCUT2D eigenvalue weighted by Crippen LogP contribution is -2.37. The second-order valence-corrected chi connectivity index (χ2v) is 8.04. The Morgan fingerprint density at radius 3 is 2.47 bits per heavy atom. The topological polar surface area (TPSA) is 54.9 Å². The van der Waals surface area contributed by atoms with E-state index in [-0.39, 0.29) is 0 Å². The zero-order valence-electron chi connectivity index (χ0n) is 18.5. The number of nitrogens with one attached hydrogen (secondary N) is 2. The van der Waals surface area contributed by atoms with E-state index in [9.17, 15) is 0 Å². The number of benzene rings is 2. The smallest absolute Gasteiger partial charge is 0.191 e. The minimum atomic E-state index is 0.320. The van der Waals surface area contributed by atoms with Gasteiger partial charge in [0.1, 0.15) is 0 Å². The molecule has 1 aliphatic rings. The third-order valence-corrected chi connectivity index (χ3v) is 5.32. The maximum atomic E-state index is 6.05. The third kappa shape index (κ3) is 7.47. The number of aryl methyl sites for hydroxylation is 2. The molecule has 0 spiro atoms. The molecule has 0 aromatic heterocycles. The van der Waals surface area contributed by atoms with E-state index in [2.05, 4.69) is 71.9 Å². The van der Waals surface area contributed by atoms with E-state index in [4.69, 9.17) is 9.47 Å². The molecule has 1 aliphatic heterocycles. The number of ether oxygens (including phenoxy) is 2. The van der Waals surface area contributed by atoms with Crippen molar-refractivity contribution in [1.82, 2.24) is 10.6 Å². The quantitative estimate of drug-likeness (QED) is 0.513. The SMILES string of the molecule is CN=C(NCCc1cc(C)cc(C)c1)NCc1cccc(COC2CCOCC2)c1. The number of hydrogen-bond donors (Lipinski definition) is 2. The van der Waals surface area contributed by atoms with Crippen molar-refractivity contribution in [2.24, 2.45) is 4.99 Å². The van der Waals surface area contributed by atoms with Crippen LogP contribution in [0, 0.1) is 13.8 Å². The summed E-state index contributed by atoms with van der Waals surface area (Å²) in [6.45, 7) is 8.14. The standard InChI is InChI=1S/C25H35N3O2/c1-19-13-20(2)15-21(14-19)7-10-27-25(26-3)28-17-22-5-4-6-23(16-22)18-30-24-8-11-29-12-9-24/h4-6,13-16,24H,7-12,17-18H2,1-3H3,(H2,26,27,28). The Labute approximate surface area is 180 Å². The van der Waals surface area contributed by atoms with E-state index in [1.165, 1.54) is 27.8 Å². The Morgan fingerprint density at radius 2 is 1.73 bits per heavy atom. The Hall–Kier alpha value is -2.37. The largest absolute Gasteiger partial charge is 0.381 e. The Morgan fingerprint density at radius 1 is 1.00 bits per heavy atom. The Bertz CT molecular complexity index is 809. The van der Waals surface area contributed by atoms with Crippen molar-refractivity contribution in [2.75, 3.05) is 26.8 Å². The molecule has 5 nitrogen and oxygen atoms in total. The molecule has 5 heteroatoms. The van der Waals surface area contributed by atoms with Gasteiger partial charge in [0.15, 0.2) is 5.96 Å². The highest BCUT2D eigenvalue weighted by Gasteiger charge is 2.14. The fourth-order valence-electron chi connectivity index (χ4n) is 3.83. The molecule has 2 aromatic carbocycles. The van der Waals surface area contributed by atoms with Gasteiger partial charge in [0.05, 0.1) is 12.7 Å². The van der Waals surface area contributed by atoms with Crippen LogP contribution in [0.3, 0.4) is 0 Å². The summed E-state index contributed by atoms with van der Waals surface area (Å²) in [5, 5.41) is 6.82. The first-order valence-corrected chi connectivity index (χ1v) is 10.9. The van der Waals surface area contributed by atoms with Gasteiger partial charge in [-0.2, -0.15) is 0 Å². The highest BCUT2D eigenvalue weighted by atomic mass is 16.5. The van der Waals surface area contributed by atoms with Crippen LogP contribution in [0.4, 0.5) is 0 Å². The number of guanidine groups is 1. The highest BCUT2D eigenvalue weighted by Crippen LogP contribution is 2.14. The fourth-order valence-corrected chi connectivity index (χ4v) is 3.83. The first-order valence-electron chi connectivity index (χ1n) is 10.9. The lowest BCUT2D eigenvalue weighted by molar-refractivity contribution is -0.0390. The predicted octanol–water partition coefficient (Wildman–Crippen LogP) is 3.91. The molecule has 1 fully saturated rings. The van der Waals surface area contributed by atoms with E-state index < -0.39 is 0 Å². The third-order valence-electron chi connectivity index (χ3n) is 5.32. The first-order chi connectivity index (χ1) is 14.6. The molecule has 1 saturated heterocycles. The van der Waals surface area contributed by atoms with Gasteiger partial charge in [-0.1, -0.05) is 53.6 Å². The van der Waals surface area contributed by atoms with Gasteiger partial charge in [0.25, 0.3) is 0 Å². The minimum absolute atomic E-state index is 0.320. The van der Waals surface area contributed by atoms with E-state index in [0.29, 0.717) is 12.7 Å². The normalized spacial score (nSPS) is 15.2. The summed E-state index contributed by atoms with van der Waals surface area (Å²) in [6.07, 6.45) is 3.28. The molecule has 0 saturated carbocycles. The van der Waals surface area contributed by atoms with Gasteiger partial charge in [-0.3, -0.25) is 4.99 Å². The average Bonchev–Trinajstić information content (AvgIpc) is 2.75. The molecule has 0 atom stereocenters. The van der Waals surface area contributed by atoms with Crippen LogP contribution in [0.2, 0.25) is 0 Å². The van der Waals surface area contributed by atoms with E-state index in [1.807, 2.05) is 7.05 Å². The van der Waals surface area contributed by atoms with Crippen LogP contribution in [0.15, 0.2) is 47.5 Å². The molecule has 2 aromatic rings. The van der Waals surface area contributed by atoms with Crippen molar-refractivity contribution < 1.29 is 9.47 Å². The lowest BCUT2D eigenvalue weighted by atomic mass is 10.1. The molecular formula is C25H35N3O2. The van der Waals surface area contributed by atoms with Crippen LogP contribution in [-0.4, -0.2) is 38.9 Å². The molecule has 2 N–H and O–H groups in total. The molecule has 3 rings (SSSR count). The van der Waals surface area contributed by atoms with Crippen molar-refractivity contribution in [2.45, 2.75) is 52.4 Å². The zero-order valence-corrected chi connectivity index (χ0v) is 18.5. The molecule has 1 heterocycles. The monoisotopic (exact) mass is 409 g/mol. The summed E-state index contributed by atoms with van der Waals surface area (Å²) >= 11 is 0. The second-order valence-electron chi connectivity index (χ2n) is 8.04. The number of nitrogens with zero attached hydrogens (tertiary/aromatic N) is 1. The van der Waals surface area contributed by atoms with E-state index in [0.717, 1.165) is 51.5 Å². The van der Waals surface area contributed by atoms with Crippen LogP contribution in [-0.2, 0) is 29.0 Å². The maximum absolute atomic E-state index is 6.05. The van der Waals surface area contributed by atoms with Crippen LogP contribution < -0.4 is 10.6 Å².